The van der Waals surface area contributed by atoms with E-state index in [2.05, 4.69) is 15.4 Å². The topological polar surface area (TPSA) is 94.2 Å². The van der Waals surface area contributed by atoms with E-state index in [1.807, 2.05) is 54.6 Å². The highest BCUT2D eigenvalue weighted by Gasteiger charge is 2.09. The van der Waals surface area contributed by atoms with Crippen molar-refractivity contribution in [3.05, 3.63) is 54.6 Å². The third kappa shape index (κ3) is 2.26. The first-order chi connectivity index (χ1) is 9.74. The summed E-state index contributed by atoms with van der Waals surface area (Å²) in [7, 11) is 0. The van der Waals surface area contributed by atoms with Gasteiger partial charge >= 0.3 is 0 Å². The minimum atomic E-state index is -0.0311. The van der Waals surface area contributed by atoms with E-state index in [1.165, 1.54) is 0 Å². The Morgan fingerprint density at radius 3 is 2.45 bits per heavy atom. The summed E-state index contributed by atoms with van der Waals surface area (Å²) in [5.41, 5.74) is 16.8. The Labute approximate surface area is 115 Å². The normalized spacial score (nSPS) is 10.4. The van der Waals surface area contributed by atoms with Crippen molar-refractivity contribution < 1.29 is 0 Å². The molecular weight excluding hydrogens is 252 g/mol. The summed E-state index contributed by atoms with van der Waals surface area (Å²) in [6, 6.07) is 17.5. The van der Waals surface area contributed by atoms with Crippen LogP contribution < -0.4 is 16.9 Å². The molecule has 0 atom stereocenters. The number of guanidine groups is 1. The highest BCUT2D eigenvalue weighted by molar-refractivity contribution is 5.82. The second-order valence-electron chi connectivity index (χ2n) is 4.25. The molecule has 0 fully saturated rings. The number of aliphatic imine (C=N–C) groups is 1. The van der Waals surface area contributed by atoms with Crippen molar-refractivity contribution in [3.8, 4) is 0 Å². The van der Waals surface area contributed by atoms with Gasteiger partial charge < -0.3 is 11.5 Å². The summed E-state index contributed by atoms with van der Waals surface area (Å²) in [4.78, 5) is 8.46. The van der Waals surface area contributed by atoms with Crippen LogP contribution in [0, 0.1) is 0 Å². The second kappa shape index (κ2) is 4.93. The van der Waals surface area contributed by atoms with Crippen LogP contribution in [0.5, 0.6) is 0 Å². The van der Waals surface area contributed by atoms with Crippen LogP contribution in [0.2, 0.25) is 0 Å². The number of anilines is 1. The van der Waals surface area contributed by atoms with E-state index in [0.29, 0.717) is 5.95 Å². The highest BCUT2D eigenvalue weighted by Crippen LogP contribution is 2.22. The van der Waals surface area contributed by atoms with Crippen LogP contribution in [0.1, 0.15) is 0 Å². The van der Waals surface area contributed by atoms with E-state index in [1.54, 1.807) is 4.68 Å². The molecule has 0 amide bonds. The molecule has 0 unspecified atom stereocenters. The molecule has 1 aromatic heterocycles. The molecule has 0 aliphatic rings. The van der Waals surface area contributed by atoms with Crippen LogP contribution in [0.3, 0.4) is 0 Å². The van der Waals surface area contributed by atoms with Crippen molar-refractivity contribution in [3.63, 3.8) is 0 Å². The molecule has 0 bridgehead atoms. The van der Waals surface area contributed by atoms with Crippen molar-refractivity contribution >= 4 is 28.6 Å². The summed E-state index contributed by atoms with van der Waals surface area (Å²) < 4.78 is 1.75. The first-order valence-corrected chi connectivity index (χ1v) is 6.13. The van der Waals surface area contributed by atoms with Crippen molar-refractivity contribution in [1.29, 1.82) is 0 Å². The van der Waals surface area contributed by atoms with Crippen LogP contribution in [0.15, 0.2) is 59.6 Å². The first-order valence-electron chi connectivity index (χ1n) is 6.13. The summed E-state index contributed by atoms with van der Waals surface area (Å²) in [6.45, 7) is 0. The summed E-state index contributed by atoms with van der Waals surface area (Å²) in [5.74, 6) is 0.381. The number of hydrogen-bond acceptors (Lipinski definition) is 3. The fraction of sp³-hybridized carbons (Fsp3) is 0. The smallest absolute Gasteiger partial charge is 0.253 e. The maximum absolute atomic E-state index is 5.46. The number of benzene rings is 2. The van der Waals surface area contributed by atoms with Gasteiger partial charge in [-0.25, -0.2) is 9.66 Å². The zero-order valence-electron chi connectivity index (χ0n) is 10.7. The maximum atomic E-state index is 5.46. The average molecular weight is 266 g/mol. The Morgan fingerprint density at radius 1 is 1.00 bits per heavy atom. The SMILES string of the molecule is NC(N)=Nc1nc2ccccc2n1Nc1ccccc1. The molecule has 3 rings (SSSR count). The lowest BCUT2D eigenvalue weighted by atomic mass is 10.3. The minimum Gasteiger partial charge on any atom is -0.370 e. The molecule has 0 saturated heterocycles. The molecule has 2 aromatic carbocycles. The van der Waals surface area contributed by atoms with Gasteiger partial charge in [0.15, 0.2) is 5.96 Å². The van der Waals surface area contributed by atoms with Gasteiger partial charge in [-0.1, -0.05) is 30.3 Å². The minimum absolute atomic E-state index is 0.0311. The zero-order chi connectivity index (χ0) is 13.9. The molecule has 3 aromatic rings. The van der Waals surface area contributed by atoms with Gasteiger partial charge in [-0.2, -0.15) is 4.99 Å². The van der Waals surface area contributed by atoms with Gasteiger partial charge in [0, 0.05) is 0 Å². The Morgan fingerprint density at radius 2 is 1.70 bits per heavy atom. The number of nitrogens with one attached hydrogen (secondary N) is 1. The van der Waals surface area contributed by atoms with Gasteiger partial charge in [0.2, 0.25) is 0 Å². The Balaban J connectivity index is 2.14. The Bertz CT molecular complexity index is 756. The molecular formula is C14H14N6. The van der Waals surface area contributed by atoms with Gasteiger partial charge in [-0.3, -0.25) is 5.43 Å². The van der Waals surface area contributed by atoms with Crippen molar-refractivity contribution in [2.75, 3.05) is 5.43 Å². The number of aromatic nitrogens is 2. The van der Waals surface area contributed by atoms with Crippen LogP contribution in [-0.2, 0) is 0 Å². The lowest BCUT2D eigenvalue weighted by molar-refractivity contribution is 0.979. The number of fused-ring (bicyclic) bond motifs is 1. The largest absolute Gasteiger partial charge is 0.370 e. The van der Waals surface area contributed by atoms with Crippen LogP contribution in [-0.4, -0.2) is 15.6 Å². The quantitative estimate of drug-likeness (QED) is 0.498. The first kappa shape index (κ1) is 12.0. The predicted octanol–water partition coefficient (Wildman–Crippen LogP) is 1.82. The monoisotopic (exact) mass is 266 g/mol. The van der Waals surface area contributed by atoms with E-state index in [-0.39, 0.29) is 5.96 Å². The lowest BCUT2D eigenvalue weighted by Gasteiger charge is -2.09. The molecule has 5 N–H and O–H groups in total. The molecule has 1 heterocycles. The predicted molar refractivity (Wildman–Crippen MR) is 80.7 cm³/mol. The van der Waals surface area contributed by atoms with Crippen LogP contribution >= 0.6 is 0 Å². The van der Waals surface area contributed by atoms with E-state index in [4.69, 9.17) is 11.5 Å². The Hall–Kier alpha value is -3.02. The zero-order valence-corrected chi connectivity index (χ0v) is 10.7. The maximum Gasteiger partial charge on any atom is 0.253 e. The van der Waals surface area contributed by atoms with E-state index in [9.17, 15) is 0 Å². The van der Waals surface area contributed by atoms with Crippen molar-refractivity contribution in [1.82, 2.24) is 9.66 Å². The third-order valence-corrected chi connectivity index (χ3v) is 2.79. The molecule has 0 saturated carbocycles. The van der Waals surface area contributed by atoms with Gasteiger partial charge in [0.25, 0.3) is 5.95 Å². The number of nitrogens with zero attached hydrogens (tertiary/aromatic N) is 3. The number of nitrogens with two attached hydrogens (primary N) is 2. The molecule has 0 aliphatic heterocycles. The molecule has 100 valence electrons. The highest BCUT2D eigenvalue weighted by atomic mass is 15.5. The third-order valence-electron chi connectivity index (χ3n) is 2.79. The van der Waals surface area contributed by atoms with Crippen LogP contribution in [0.4, 0.5) is 11.6 Å². The average Bonchev–Trinajstić information content (AvgIpc) is 2.77. The van der Waals surface area contributed by atoms with Crippen molar-refractivity contribution in [2.45, 2.75) is 0 Å². The summed E-state index contributed by atoms with van der Waals surface area (Å²) in [5, 5.41) is 0. The van der Waals surface area contributed by atoms with Gasteiger partial charge in [-0.05, 0) is 24.3 Å². The van der Waals surface area contributed by atoms with Gasteiger partial charge in [-0.15, -0.1) is 0 Å². The summed E-state index contributed by atoms with van der Waals surface area (Å²) in [6.07, 6.45) is 0. The molecule has 6 nitrogen and oxygen atoms in total. The van der Waals surface area contributed by atoms with Gasteiger partial charge in [0.1, 0.15) is 0 Å². The van der Waals surface area contributed by atoms with E-state index in [0.717, 1.165) is 16.7 Å². The molecule has 0 spiro atoms. The fourth-order valence-corrected chi connectivity index (χ4v) is 1.96. The number of para-hydroxylation sites is 3. The molecule has 0 radical (unpaired) electrons. The standard InChI is InChI=1S/C14H14N6/c15-13(16)18-14-17-11-8-4-5-9-12(11)20(14)19-10-6-2-1-3-7-10/h1-9,19H,(H4,15,16,17,18). The number of imidazole rings is 1. The van der Waals surface area contributed by atoms with Crippen LogP contribution in [0.25, 0.3) is 11.0 Å². The number of hydrogen-bond donors (Lipinski definition) is 3. The van der Waals surface area contributed by atoms with Gasteiger partial charge in [0.05, 0.1) is 16.7 Å². The fourth-order valence-electron chi connectivity index (χ4n) is 1.96. The second-order valence-corrected chi connectivity index (χ2v) is 4.25. The van der Waals surface area contributed by atoms with E-state index >= 15 is 0 Å². The summed E-state index contributed by atoms with van der Waals surface area (Å²) >= 11 is 0. The lowest BCUT2D eigenvalue weighted by Crippen LogP contribution is -2.22. The molecule has 0 aliphatic carbocycles. The van der Waals surface area contributed by atoms with Crippen molar-refractivity contribution in [2.24, 2.45) is 16.5 Å². The Kier molecular flexibility index (Phi) is 2.96. The van der Waals surface area contributed by atoms with E-state index < -0.39 is 0 Å². The molecule has 20 heavy (non-hydrogen) atoms. The molecule has 6 heteroatoms. The number of rotatable bonds is 3.